The summed E-state index contributed by atoms with van der Waals surface area (Å²) in [5, 5.41) is 0. The largest absolute Gasteiger partial charge is 0.308 e. The summed E-state index contributed by atoms with van der Waals surface area (Å²) >= 11 is 0. The highest BCUT2D eigenvalue weighted by molar-refractivity contribution is 7.89. The summed E-state index contributed by atoms with van der Waals surface area (Å²) in [6.07, 6.45) is 3.61. The smallest absolute Gasteiger partial charge is 0.258 e. The lowest BCUT2D eigenvalue weighted by Gasteiger charge is -2.26. The van der Waals surface area contributed by atoms with E-state index in [2.05, 4.69) is 0 Å². The number of hydrogen-bond acceptors (Lipinski definition) is 3. The second kappa shape index (κ2) is 6.85. The molecule has 2 aromatic rings. The van der Waals surface area contributed by atoms with Gasteiger partial charge in [0.05, 0.1) is 4.90 Å². The van der Waals surface area contributed by atoms with Crippen molar-refractivity contribution >= 4 is 21.6 Å². The Balaban J connectivity index is 1.62. The number of rotatable bonds is 3. The molecule has 0 radical (unpaired) electrons. The van der Waals surface area contributed by atoms with Gasteiger partial charge in [0.15, 0.2) is 0 Å². The lowest BCUT2D eigenvalue weighted by atomic mass is 10.1. The highest BCUT2D eigenvalue weighted by Gasteiger charge is 2.30. The number of benzene rings is 2. The van der Waals surface area contributed by atoms with Crippen molar-refractivity contribution in [1.29, 1.82) is 0 Å². The number of nitrogens with zero attached hydrogens (tertiary/aromatic N) is 2. The predicted octanol–water partition coefficient (Wildman–Crippen LogP) is 3.06. The SMILES string of the molecule is O=C(c1ccccc1)N1CCc2cc(S(=O)(=O)N3CCCCC3)ccc21. The molecule has 0 bridgehead atoms. The van der Waals surface area contributed by atoms with E-state index in [1.54, 1.807) is 39.5 Å². The van der Waals surface area contributed by atoms with Gasteiger partial charge in [0, 0.05) is 30.9 Å². The zero-order chi connectivity index (χ0) is 18.1. The standard InChI is InChI=1S/C20H22N2O3S/c23-20(16-7-3-1-4-8-16)22-14-11-17-15-18(9-10-19(17)22)26(24,25)21-12-5-2-6-13-21/h1,3-4,7-10,15H,2,5-6,11-14H2. The molecule has 2 aliphatic heterocycles. The minimum absolute atomic E-state index is 0.0454. The lowest BCUT2D eigenvalue weighted by molar-refractivity contribution is 0.0989. The molecule has 2 heterocycles. The van der Waals surface area contributed by atoms with E-state index in [0.717, 1.165) is 30.5 Å². The molecule has 0 atom stereocenters. The summed E-state index contributed by atoms with van der Waals surface area (Å²) < 4.78 is 27.3. The van der Waals surface area contributed by atoms with E-state index >= 15 is 0 Å². The third-order valence-electron chi connectivity index (χ3n) is 5.17. The number of anilines is 1. The van der Waals surface area contributed by atoms with Crippen LogP contribution in [0.1, 0.15) is 35.2 Å². The summed E-state index contributed by atoms with van der Waals surface area (Å²) in [5.41, 5.74) is 2.38. The van der Waals surface area contributed by atoms with Gasteiger partial charge >= 0.3 is 0 Å². The molecule has 26 heavy (non-hydrogen) atoms. The number of fused-ring (bicyclic) bond motifs is 1. The van der Waals surface area contributed by atoms with E-state index in [9.17, 15) is 13.2 Å². The van der Waals surface area contributed by atoms with Gasteiger partial charge in [-0.15, -0.1) is 0 Å². The van der Waals surface area contributed by atoms with Crippen LogP contribution in [0.3, 0.4) is 0 Å². The van der Waals surface area contributed by atoms with Gasteiger partial charge in [-0.05, 0) is 55.2 Å². The zero-order valence-electron chi connectivity index (χ0n) is 14.6. The maximum atomic E-state index is 12.9. The highest BCUT2D eigenvalue weighted by atomic mass is 32.2. The Kier molecular flexibility index (Phi) is 4.54. The summed E-state index contributed by atoms with van der Waals surface area (Å²) in [6, 6.07) is 14.3. The lowest BCUT2D eigenvalue weighted by Crippen LogP contribution is -2.35. The third kappa shape index (κ3) is 3.04. The first-order chi connectivity index (χ1) is 12.6. The van der Waals surface area contributed by atoms with Crippen LogP contribution >= 0.6 is 0 Å². The average molecular weight is 370 g/mol. The molecule has 1 amide bonds. The Hall–Kier alpha value is -2.18. The van der Waals surface area contributed by atoms with Gasteiger partial charge < -0.3 is 4.90 Å². The first-order valence-electron chi connectivity index (χ1n) is 9.07. The number of carbonyl (C=O) groups excluding carboxylic acids is 1. The Morgan fingerprint density at radius 2 is 1.62 bits per heavy atom. The van der Waals surface area contributed by atoms with Crippen molar-refractivity contribution < 1.29 is 13.2 Å². The van der Waals surface area contributed by atoms with Crippen molar-refractivity contribution in [3.63, 3.8) is 0 Å². The molecular formula is C20H22N2O3S. The third-order valence-corrected chi connectivity index (χ3v) is 7.06. The molecule has 1 fully saturated rings. The minimum Gasteiger partial charge on any atom is -0.308 e. The molecule has 6 heteroatoms. The summed E-state index contributed by atoms with van der Waals surface area (Å²) in [4.78, 5) is 14.8. The normalized spacial score (nSPS) is 17.9. The molecular weight excluding hydrogens is 348 g/mol. The Labute approximate surface area is 154 Å². The summed E-state index contributed by atoms with van der Waals surface area (Å²) in [5.74, 6) is -0.0454. The molecule has 0 saturated carbocycles. The minimum atomic E-state index is -3.44. The van der Waals surface area contributed by atoms with E-state index in [4.69, 9.17) is 0 Å². The summed E-state index contributed by atoms with van der Waals surface area (Å²) in [6.45, 7) is 1.77. The molecule has 0 spiro atoms. The van der Waals surface area contributed by atoms with Crippen molar-refractivity contribution in [2.24, 2.45) is 0 Å². The van der Waals surface area contributed by atoms with Crippen LogP contribution in [-0.4, -0.2) is 38.3 Å². The fraction of sp³-hybridized carbons (Fsp3) is 0.350. The van der Waals surface area contributed by atoms with Crippen molar-refractivity contribution in [3.05, 3.63) is 59.7 Å². The second-order valence-corrected chi connectivity index (χ2v) is 8.77. The quantitative estimate of drug-likeness (QED) is 0.834. The van der Waals surface area contributed by atoms with E-state index in [0.29, 0.717) is 36.5 Å². The van der Waals surface area contributed by atoms with Gasteiger partial charge in [-0.25, -0.2) is 8.42 Å². The fourth-order valence-corrected chi connectivity index (χ4v) is 5.31. The first kappa shape index (κ1) is 17.2. The molecule has 2 aliphatic rings. The van der Waals surface area contributed by atoms with Gasteiger partial charge in [-0.1, -0.05) is 24.6 Å². The van der Waals surface area contributed by atoms with E-state index in [1.807, 2.05) is 18.2 Å². The Morgan fingerprint density at radius 1 is 0.885 bits per heavy atom. The monoisotopic (exact) mass is 370 g/mol. The van der Waals surface area contributed by atoms with Gasteiger partial charge in [-0.2, -0.15) is 4.31 Å². The van der Waals surface area contributed by atoms with E-state index in [1.165, 1.54) is 0 Å². The number of hydrogen-bond donors (Lipinski definition) is 0. The number of carbonyl (C=O) groups is 1. The molecule has 1 saturated heterocycles. The Bertz CT molecular complexity index is 919. The maximum Gasteiger partial charge on any atom is 0.258 e. The van der Waals surface area contributed by atoms with Crippen LogP contribution in [0.5, 0.6) is 0 Å². The number of piperidine rings is 1. The molecule has 0 unspecified atom stereocenters. The molecule has 0 aliphatic carbocycles. The van der Waals surface area contributed by atoms with Crippen molar-refractivity contribution in [3.8, 4) is 0 Å². The molecule has 2 aromatic carbocycles. The van der Waals surface area contributed by atoms with E-state index < -0.39 is 10.0 Å². The van der Waals surface area contributed by atoms with Gasteiger partial charge in [0.1, 0.15) is 0 Å². The molecule has 136 valence electrons. The average Bonchev–Trinajstić information content (AvgIpc) is 3.12. The highest BCUT2D eigenvalue weighted by Crippen LogP contribution is 2.32. The van der Waals surface area contributed by atoms with Crippen LogP contribution in [0.4, 0.5) is 5.69 Å². The fourth-order valence-electron chi connectivity index (χ4n) is 3.74. The molecule has 4 rings (SSSR count). The zero-order valence-corrected chi connectivity index (χ0v) is 15.4. The van der Waals surface area contributed by atoms with E-state index in [-0.39, 0.29) is 5.91 Å². The second-order valence-electron chi connectivity index (χ2n) is 6.83. The van der Waals surface area contributed by atoms with Crippen LogP contribution in [-0.2, 0) is 16.4 Å². The van der Waals surface area contributed by atoms with Crippen LogP contribution in [0.2, 0.25) is 0 Å². The predicted molar refractivity (Wildman–Crippen MR) is 101 cm³/mol. The van der Waals surface area contributed by atoms with Crippen LogP contribution < -0.4 is 4.90 Å². The van der Waals surface area contributed by atoms with Gasteiger partial charge in [0.25, 0.3) is 5.91 Å². The topological polar surface area (TPSA) is 57.7 Å². The van der Waals surface area contributed by atoms with Crippen molar-refractivity contribution in [2.75, 3.05) is 24.5 Å². The van der Waals surface area contributed by atoms with Crippen LogP contribution in [0.25, 0.3) is 0 Å². The van der Waals surface area contributed by atoms with Crippen LogP contribution in [0.15, 0.2) is 53.4 Å². The number of sulfonamides is 1. The van der Waals surface area contributed by atoms with Crippen molar-refractivity contribution in [2.45, 2.75) is 30.6 Å². The van der Waals surface area contributed by atoms with Gasteiger partial charge in [-0.3, -0.25) is 4.79 Å². The van der Waals surface area contributed by atoms with Crippen molar-refractivity contribution in [1.82, 2.24) is 4.31 Å². The van der Waals surface area contributed by atoms with Gasteiger partial charge in [0.2, 0.25) is 10.0 Å². The molecule has 5 nitrogen and oxygen atoms in total. The maximum absolute atomic E-state index is 12.9. The Morgan fingerprint density at radius 3 is 2.35 bits per heavy atom. The first-order valence-corrected chi connectivity index (χ1v) is 10.5. The summed E-state index contributed by atoms with van der Waals surface area (Å²) in [7, 11) is -3.44. The molecule has 0 N–H and O–H groups in total. The molecule has 0 aromatic heterocycles. The van der Waals surface area contributed by atoms with Crippen LogP contribution in [0, 0.1) is 0 Å². The number of amides is 1.